The lowest BCUT2D eigenvalue weighted by atomic mass is 10.2. The highest BCUT2D eigenvalue weighted by Crippen LogP contribution is 2.25. The van der Waals surface area contributed by atoms with Gasteiger partial charge in [-0.15, -0.1) is 13.2 Å². The molecule has 0 aliphatic carbocycles. The average molecular weight is 351 g/mol. The van der Waals surface area contributed by atoms with Gasteiger partial charge in [-0.1, -0.05) is 29.3 Å². The van der Waals surface area contributed by atoms with Crippen molar-refractivity contribution in [3.05, 3.63) is 52.3 Å². The highest BCUT2D eigenvalue weighted by atomic mass is 35.5. The van der Waals surface area contributed by atoms with Crippen molar-refractivity contribution < 1.29 is 22.7 Å². The lowest BCUT2D eigenvalue weighted by Crippen LogP contribution is -2.18. The average Bonchev–Trinajstić information content (AvgIpc) is 2.40. The number of halogens is 5. The van der Waals surface area contributed by atoms with E-state index in [1.165, 1.54) is 24.3 Å². The molecule has 1 aromatic heterocycles. The van der Waals surface area contributed by atoms with E-state index in [-0.39, 0.29) is 21.6 Å². The van der Waals surface area contributed by atoms with Gasteiger partial charge < -0.3 is 10.1 Å². The van der Waals surface area contributed by atoms with E-state index in [0.717, 1.165) is 12.1 Å². The SMILES string of the molecule is O=C(Nc1cccc(OC(F)(F)F)c1)c1nc(Cl)ccc1Cl. The molecule has 0 unspecified atom stereocenters. The van der Waals surface area contributed by atoms with Crippen LogP contribution >= 0.6 is 23.2 Å². The van der Waals surface area contributed by atoms with E-state index in [2.05, 4.69) is 15.0 Å². The Balaban J connectivity index is 2.18. The van der Waals surface area contributed by atoms with Crippen LogP contribution in [0.25, 0.3) is 0 Å². The number of rotatable bonds is 3. The number of hydrogen-bond donors (Lipinski definition) is 1. The Morgan fingerprint density at radius 3 is 2.59 bits per heavy atom. The molecule has 0 atom stereocenters. The quantitative estimate of drug-likeness (QED) is 0.826. The number of carbonyl (C=O) groups is 1. The maximum absolute atomic E-state index is 12.1. The predicted molar refractivity (Wildman–Crippen MR) is 75.3 cm³/mol. The van der Waals surface area contributed by atoms with Crippen molar-refractivity contribution in [2.45, 2.75) is 6.36 Å². The van der Waals surface area contributed by atoms with Gasteiger partial charge in [0.1, 0.15) is 16.6 Å². The van der Waals surface area contributed by atoms with Crippen molar-refractivity contribution in [1.29, 1.82) is 0 Å². The van der Waals surface area contributed by atoms with Gasteiger partial charge in [-0.05, 0) is 24.3 Å². The summed E-state index contributed by atoms with van der Waals surface area (Å²) in [5.41, 5.74) is -0.0547. The van der Waals surface area contributed by atoms with Gasteiger partial charge in [-0.3, -0.25) is 4.79 Å². The number of amides is 1. The lowest BCUT2D eigenvalue weighted by molar-refractivity contribution is -0.274. The second kappa shape index (κ2) is 6.41. The Kier molecular flexibility index (Phi) is 4.77. The molecule has 2 aromatic rings. The number of pyridine rings is 1. The Hall–Kier alpha value is -1.99. The molecular weight excluding hydrogens is 344 g/mol. The van der Waals surface area contributed by atoms with Crippen LogP contribution in [-0.2, 0) is 0 Å². The number of aromatic nitrogens is 1. The molecule has 0 saturated carbocycles. The van der Waals surface area contributed by atoms with Crippen molar-refractivity contribution in [3.8, 4) is 5.75 Å². The molecule has 116 valence electrons. The third-order valence-corrected chi connectivity index (χ3v) is 2.87. The number of alkyl halides is 3. The molecule has 0 saturated heterocycles. The van der Waals surface area contributed by atoms with Crippen LogP contribution in [0.1, 0.15) is 10.5 Å². The minimum atomic E-state index is -4.82. The predicted octanol–water partition coefficient (Wildman–Crippen LogP) is 4.54. The van der Waals surface area contributed by atoms with Gasteiger partial charge in [-0.25, -0.2) is 4.98 Å². The Morgan fingerprint density at radius 1 is 1.18 bits per heavy atom. The first-order chi connectivity index (χ1) is 10.2. The smallest absolute Gasteiger partial charge is 0.406 e. The molecule has 1 aromatic carbocycles. The first-order valence-corrected chi connectivity index (χ1v) is 6.49. The molecule has 4 nitrogen and oxygen atoms in total. The third kappa shape index (κ3) is 4.51. The highest BCUT2D eigenvalue weighted by Gasteiger charge is 2.31. The number of nitrogens with one attached hydrogen (secondary N) is 1. The van der Waals surface area contributed by atoms with Crippen LogP contribution in [0.15, 0.2) is 36.4 Å². The Morgan fingerprint density at radius 2 is 1.91 bits per heavy atom. The second-order valence-electron chi connectivity index (χ2n) is 3.99. The summed E-state index contributed by atoms with van der Waals surface area (Å²) in [6.07, 6.45) is -4.82. The number of benzene rings is 1. The summed E-state index contributed by atoms with van der Waals surface area (Å²) in [5.74, 6) is -1.17. The topological polar surface area (TPSA) is 51.2 Å². The van der Waals surface area contributed by atoms with Gasteiger partial charge >= 0.3 is 6.36 Å². The first-order valence-electron chi connectivity index (χ1n) is 5.74. The number of ether oxygens (including phenoxy) is 1. The molecule has 9 heteroatoms. The van der Waals surface area contributed by atoms with Gasteiger partial charge in [0.05, 0.1) is 5.02 Å². The molecule has 1 amide bonds. The van der Waals surface area contributed by atoms with E-state index in [9.17, 15) is 18.0 Å². The van der Waals surface area contributed by atoms with Crippen molar-refractivity contribution in [2.24, 2.45) is 0 Å². The zero-order valence-electron chi connectivity index (χ0n) is 10.6. The van der Waals surface area contributed by atoms with Gasteiger partial charge in [-0.2, -0.15) is 0 Å². The molecule has 0 bridgehead atoms. The van der Waals surface area contributed by atoms with Crippen molar-refractivity contribution in [2.75, 3.05) is 5.32 Å². The van der Waals surface area contributed by atoms with E-state index in [4.69, 9.17) is 23.2 Å². The van der Waals surface area contributed by atoms with E-state index < -0.39 is 18.0 Å². The maximum Gasteiger partial charge on any atom is 0.573 e. The second-order valence-corrected chi connectivity index (χ2v) is 4.79. The molecule has 0 fully saturated rings. The molecule has 0 aliphatic heterocycles. The number of anilines is 1. The number of carbonyl (C=O) groups excluding carboxylic acids is 1. The molecular formula is C13H7Cl2F3N2O2. The van der Waals surface area contributed by atoms with Crippen molar-refractivity contribution in [3.63, 3.8) is 0 Å². The Bertz CT molecular complexity index is 708. The summed E-state index contributed by atoms with van der Waals surface area (Å²) in [6, 6.07) is 7.59. The van der Waals surface area contributed by atoms with Crippen LogP contribution in [0.2, 0.25) is 10.2 Å². The van der Waals surface area contributed by atoms with E-state index in [1.807, 2.05) is 0 Å². The summed E-state index contributed by atoms with van der Waals surface area (Å²) in [5, 5.41) is 2.48. The molecule has 0 spiro atoms. The summed E-state index contributed by atoms with van der Waals surface area (Å²) in [4.78, 5) is 15.8. The zero-order valence-corrected chi connectivity index (χ0v) is 12.1. The fraction of sp³-hybridized carbons (Fsp3) is 0.0769. The monoisotopic (exact) mass is 350 g/mol. The third-order valence-electron chi connectivity index (χ3n) is 2.35. The molecule has 2 rings (SSSR count). The van der Waals surface area contributed by atoms with Crippen LogP contribution in [0.5, 0.6) is 5.75 Å². The minimum absolute atomic E-state index is 0.0590. The summed E-state index contributed by atoms with van der Waals surface area (Å²) >= 11 is 11.5. The van der Waals surface area contributed by atoms with E-state index >= 15 is 0 Å². The van der Waals surface area contributed by atoms with Crippen LogP contribution in [0.3, 0.4) is 0 Å². The molecule has 1 N–H and O–H groups in total. The summed E-state index contributed by atoms with van der Waals surface area (Å²) in [6.45, 7) is 0. The van der Waals surface area contributed by atoms with Crippen LogP contribution in [-0.4, -0.2) is 17.3 Å². The standard InChI is InChI=1S/C13H7Cl2F3N2O2/c14-9-4-5-10(15)20-11(9)12(21)19-7-2-1-3-8(6-7)22-13(16,17)18/h1-6H,(H,19,21). The van der Waals surface area contributed by atoms with Gasteiger partial charge in [0, 0.05) is 11.8 Å². The molecule has 22 heavy (non-hydrogen) atoms. The fourth-order valence-corrected chi connectivity index (χ4v) is 1.88. The number of nitrogens with zero attached hydrogens (tertiary/aromatic N) is 1. The van der Waals surface area contributed by atoms with E-state index in [0.29, 0.717) is 0 Å². The van der Waals surface area contributed by atoms with Crippen molar-refractivity contribution >= 4 is 34.8 Å². The first kappa shape index (κ1) is 16.4. The minimum Gasteiger partial charge on any atom is -0.406 e. The maximum atomic E-state index is 12.1. The summed E-state index contributed by atoms with van der Waals surface area (Å²) < 4.78 is 40.2. The van der Waals surface area contributed by atoms with Gasteiger partial charge in [0.15, 0.2) is 0 Å². The molecule has 0 aliphatic rings. The number of hydrogen-bond acceptors (Lipinski definition) is 3. The van der Waals surface area contributed by atoms with Gasteiger partial charge in [0.25, 0.3) is 5.91 Å². The normalized spacial score (nSPS) is 11.1. The lowest BCUT2D eigenvalue weighted by Gasteiger charge is -2.11. The Labute approximate surface area is 132 Å². The van der Waals surface area contributed by atoms with E-state index in [1.54, 1.807) is 0 Å². The fourth-order valence-electron chi connectivity index (χ4n) is 1.54. The molecule has 0 radical (unpaired) electrons. The van der Waals surface area contributed by atoms with Crippen LogP contribution < -0.4 is 10.1 Å². The summed E-state index contributed by atoms with van der Waals surface area (Å²) in [7, 11) is 0. The van der Waals surface area contributed by atoms with Crippen LogP contribution in [0.4, 0.5) is 18.9 Å². The van der Waals surface area contributed by atoms with Crippen LogP contribution in [0, 0.1) is 0 Å². The van der Waals surface area contributed by atoms with Gasteiger partial charge in [0.2, 0.25) is 0 Å². The zero-order chi connectivity index (χ0) is 16.3. The highest BCUT2D eigenvalue weighted by molar-refractivity contribution is 6.35. The molecule has 1 heterocycles. The largest absolute Gasteiger partial charge is 0.573 e. The van der Waals surface area contributed by atoms with Crippen molar-refractivity contribution in [1.82, 2.24) is 4.98 Å².